The molecule has 1 aromatic rings. The Bertz CT molecular complexity index is 542. The topological polar surface area (TPSA) is 69.4 Å². The largest absolute Gasteiger partial charge is 0.493 e. The van der Waals surface area contributed by atoms with Crippen LogP contribution >= 0.6 is 15.9 Å². The number of halogens is 1. The first kappa shape index (κ1) is 12.9. The SMILES string of the molecule is CS(=O)(=O)CC(N)c1cc(Br)cc2c1OCC2. The molecule has 0 radical (unpaired) electrons. The van der Waals surface area contributed by atoms with Gasteiger partial charge in [-0.05, 0) is 17.7 Å². The van der Waals surface area contributed by atoms with Gasteiger partial charge in [-0.2, -0.15) is 0 Å². The number of ether oxygens (including phenoxy) is 1. The maximum Gasteiger partial charge on any atom is 0.149 e. The molecule has 0 spiro atoms. The normalized spacial score (nSPS) is 16.4. The van der Waals surface area contributed by atoms with Crippen molar-refractivity contribution in [2.24, 2.45) is 5.73 Å². The first-order valence-electron chi connectivity index (χ1n) is 5.25. The summed E-state index contributed by atoms with van der Waals surface area (Å²) in [4.78, 5) is 0. The lowest BCUT2D eigenvalue weighted by Crippen LogP contribution is -2.21. The predicted octanol–water partition coefficient (Wildman–Crippen LogP) is 1.43. The van der Waals surface area contributed by atoms with E-state index in [1.54, 1.807) is 0 Å². The molecule has 17 heavy (non-hydrogen) atoms. The van der Waals surface area contributed by atoms with Gasteiger partial charge in [0.1, 0.15) is 15.6 Å². The summed E-state index contributed by atoms with van der Waals surface area (Å²) in [7, 11) is -3.10. The average molecular weight is 320 g/mol. The van der Waals surface area contributed by atoms with Gasteiger partial charge < -0.3 is 10.5 Å². The molecule has 0 fully saturated rings. The van der Waals surface area contributed by atoms with Crippen molar-refractivity contribution in [1.82, 2.24) is 0 Å². The number of fused-ring (bicyclic) bond motifs is 1. The van der Waals surface area contributed by atoms with Crippen molar-refractivity contribution < 1.29 is 13.2 Å². The Balaban J connectivity index is 2.38. The van der Waals surface area contributed by atoms with Crippen LogP contribution in [0.3, 0.4) is 0 Å². The number of rotatable bonds is 3. The van der Waals surface area contributed by atoms with Gasteiger partial charge in [0.25, 0.3) is 0 Å². The van der Waals surface area contributed by atoms with Crippen LogP contribution in [0.25, 0.3) is 0 Å². The first-order chi connectivity index (χ1) is 7.87. The Morgan fingerprint density at radius 2 is 2.24 bits per heavy atom. The quantitative estimate of drug-likeness (QED) is 0.915. The summed E-state index contributed by atoms with van der Waals surface area (Å²) in [5, 5.41) is 0. The van der Waals surface area contributed by atoms with E-state index in [-0.39, 0.29) is 5.75 Å². The fourth-order valence-corrected chi connectivity index (χ4v) is 3.34. The Kier molecular flexibility index (Phi) is 3.47. The molecule has 1 unspecified atom stereocenters. The second kappa shape index (κ2) is 4.59. The lowest BCUT2D eigenvalue weighted by atomic mass is 10.0. The zero-order valence-electron chi connectivity index (χ0n) is 9.44. The van der Waals surface area contributed by atoms with Crippen molar-refractivity contribution in [2.75, 3.05) is 18.6 Å². The molecule has 2 rings (SSSR count). The highest BCUT2D eigenvalue weighted by atomic mass is 79.9. The average Bonchev–Trinajstić information content (AvgIpc) is 2.60. The van der Waals surface area contributed by atoms with Crippen molar-refractivity contribution in [3.63, 3.8) is 0 Å². The Morgan fingerprint density at radius 1 is 1.53 bits per heavy atom. The highest BCUT2D eigenvalue weighted by Crippen LogP contribution is 2.36. The van der Waals surface area contributed by atoms with Crippen molar-refractivity contribution >= 4 is 25.8 Å². The van der Waals surface area contributed by atoms with Gasteiger partial charge in [0.15, 0.2) is 0 Å². The first-order valence-corrected chi connectivity index (χ1v) is 8.10. The van der Waals surface area contributed by atoms with Gasteiger partial charge in [0, 0.05) is 28.8 Å². The van der Waals surface area contributed by atoms with E-state index in [0.29, 0.717) is 6.61 Å². The maximum absolute atomic E-state index is 11.3. The molecule has 94 valence electrons. The van der Waals surface area contributed by atoms with Gasteiger partial charge in [-0.25, -0.2) is 8.42 Å². The summed E-state index contributed by atoms with van der Waals surface area (Å²) in [6, 6.07) is 3.27. The van der Waals surface area contributed by atoms with Crippen molar-refractivity contribution in [3.05, 3.63) is 27.7 Å². The molecule has 1 heterocycles. The van der Waals surface area contributed by atoms with Crippen molar-refractivity contribution in [1.29, 1.82) is 0 Å². The molecule has 1 atom stereocenters. The van der Waals surface area contributed by atoms with Crippen LogP contribution in [-0.4, -0.2) is 27.0 Å². The minimum atomic E-state index is -3.10. The molecule has 0 bridgehead atoms. The molecular formula is C11H14BrNO3S. The molecule has 4 nitrogen and oxygen atoms in total. The van der Waals surface area contributed by atoms with E-state index in [1.165, 1.54) is 6.26 Å². The number of hydrogen-bond acceptors (Lipinski definition) is 4. The number of hydrogen-bond donors (Lipinski definition) is 1. The molecular weight excluding hydrogens is 306 g/mol. The van der Waals surface area contributed by atoms with E-state index in [4.69, 9.17) is 10.5 Å². The van der Waals surface area contributed by atoms with Crippen molar-refractivity contribution in [3.8, 4) is 5.75 Å². The number of sulfone groups is 1. The Hall–Kier alpha value is -0.590. The Morgan fingerprint density at radius 3 is 2.88 bits per heavy atom. The van der Waals surface area contributed by atoms with Crippen LogP contribution in [0.1, 0.15) is 17.2 Å². The summed E-state index contributed by atoms with van der Waals surface area (Å²) >= 11 is 3.40. The smallest absolute Gasteiger partial charge is 0.149 e. The third kappa shape index (κ3) is 3.00. The monoisotopic (exact) mass is 319 g/mol. The third-order valence-corrected chi connectivity index (χ3v) is 4.08. The molecule has 1 aromatic carbocycles. The highest BCUT2D eigenvalue weighted by molar-refractivity contribution is 9.10. The zero-order chi connectivity index (χ0) is 12.6. The fourth-order valence-electron chi connectivity index (χ4n) is 1.99. The minimum absolute atomic E-state index is 0.0702. The summed E-state index contributed by atoms with van der Waals surface area (Å²) in [6.45, 7) is 0.629. The van der Waals surface area contributed by atoms with E-state index >= 15 is 0 Å². The van der Waals surface area contributed by atoms with Gasteiger partial charge in [-0.15, -0.1) is 0 Å². The van der Waals surface area contributed by atoms with E-state index < -0.39 is 15.9 Å². The number of nitrogens with two attached hydrogens (primary N) is 1. The summed E-state index contributed by atoms with van der Waals surface area (Å²) < 4.78 is 29.0. The molecule has 0 amide bonds. The molecule has 1 aliphatic rings. The van der Waals surface area contributed by atoms with E-state index in [2.05, 4.69) is 15.9 Å². The minimum Gasteiger partial charge on any atom is -0.493 e. The lowest BCUT2D eigenvalue weighted by Gasteiger charge is -2.15. The van der Waals surface area contributed by atoms with Crippen LogP contribution in [0, 0.1) is 0 Å². The van der Waals surface area contributed by atoms with E-state index in [1.807, 2.05) is 12.1 Å². The van der Waals surface area contributed by atoms with Crippen LogP contribution in [0.2, 0.25) is 0 Å². The predicted molar refractivity (Wildman–Crippen MR) is 70.0 cm³/mol. The standard InChI is InChI=1S/C11H14BrNO3S/c1-17(14,15)6-10(13)9-5-8(12)4-7-2-3-16-11(7)9/h4-5,10H,2-3,6,13H2,1H3. The fraction of sp³-hybridized carbons (Fsp3) is 0.455. The lowest BCUT2D eigenvalue weighted by molar-refractivity contribution is 0.352. The molecule has 6 heteroatoms. The van der Waals surface area contributed by atoms with Gasteiger partial charge in [0.2, 0.25) is 0 Å². The van der Waals surface area contributed by atoms with E-state index in [9.17, 15) is 8.42 Å². The molecule has 0 aliphatic carbocycles. The summed E-state index contributed by atoms with van der Waals surface area (Å²) in [6.07, 6.45) is 2.03. The summed E-state index contributed by atoms with van der Waals surface area (Å²) in [5.41, 5.74) is 7.79. The summed E-state index contributed by atoms with van der Waals surface area (Å²) in [5.74, 6) is 0.684. The second-order valence-electron chi connectivity index (χ2n) is 4.28. The van der Waals surface area contributed by atoms with Crippen molar-refractivity contribution in [2.45, 2.75) is 12.5 Å². The maximum atomic E-state index is 11.3. The molecule has 0 aromatic heterocycles. The van der Waals surface area contributed by atoms with Crippen LogP contribution in [0.4, 0.5) is 0 Å². The van der Waals surface area contributed by atoms with Gasteiger partial charge in [-0.1, -0.05) is 15.9 Å². The molecule has 0 saturated carbocycles. The van der Waals surface area contributed by atoms with Crippen LogP contribution in [0.5, 0.6) is 5.75 Å². The highest BCUT2D eigenvalue weighted by Gasteiger charge is 2.23. The van der Waals surface area contributed by atoms with Crippen LogP contribution < -0.4 is 10.5 Å². The van der Waals surface area contributed by atoms with Crippen LogP contribution in [0.15, 0.2) is 16.6 Å². The number of benzene rings is 1. The third-order valence-electron chi connectivity index (χ3n) is 2.66. The van der Waals surface area contributed by atoms with Gasteiger partial charge >= 0.3 is 0 Å². The Labute approximate surface area is 109 Å². The van der Waals surface area contributed by atoms with E-state index in [0.717, 1.165) is 27.8 Å². The zero-order valence-corrected chi connectivity index (χ0v) is 11.8. The van der Waals surface area contributed by atoms with Crippen LogP contribution in [-0.2, 0) is 16.3 Å². The molecule has 0 saturated heterocycles. The second-order valence-corrected chi connectivity index (χ2v) is 7.38. The van der Waals surface area contributed by atoms with Gasteiger partial charge in [0.05, 0.1) is 12.4 Å². The van der Waals surface area contributed by atoms with Gasteiger partial charge in [-0.3, -0.25) is 0 Å². The molecule has 2 N–H and O–H groups in total. The molecule has 1 aliphatic heterocycles.